The molecule has 3 unspecified atom stereocenters. The van der Waals surface area contributed by atoms with Gasteiger partial charge in [-0.25, -0.2) is 4.98 Å². The van der Waals surface area contributed by atoms with E-state index in [1.165, 1.54) is 6.42 Å². The Labute approximate surface area is 403 Å². The maximum Gasteiger partial charge on any atom is 0.310 e. The number of carbonyl (C=O) groups excluding carboxylic acids is 2. The molecule has 0 spiro atoms. The average molecular weight is 946 g/mol. The molecule has 3 atom stereocenters. The molecule has 13 nitrogen and oxygen atoms in total. The van der Waals surface area contributed by atoms with E-state index in [1.54, 1.807) is 17.7 Å². The second-order valence-corrected chi connectivity index (χ2v) is 20.0. The molecule has 3 aliphatic rings. The van der Waals surface area contributed by atoms with E-state index in [4.69, 9.17) is 23.9 Å². The summed E-state index contributed by atoms with van der Waals surface area (Å²) in [6.07, 6.45) is 9.79. The lowest BCUT2D eigenvalue weighted by atomic mass is 9.82. The van der Waals surface area contributed by atoms with Crippen LogP contribution in [0.5, 0.6) is 17.2 Å². The number of nitrogens with zero attached hydrogens (tertiary/aromatic N) is 5. The third-order valence-electron chi connectivity index (χ3n) is 13.6. The molecule has 0 aliphatic carbocycles. The number of piperidine rings is 2. The number of hydrogen-bond donors (Lipinski definition) is 0. The zero-order chi connectivity index (χ0) is 47.4. The molecular weight excluding hydrogens is 879 g/mol. The van der Waals surface area contributed by atoms with E-state index >= 15 is 0 Å². The van der Waals surface area contributed by atoms with Crippen LogP contribution in [0, 0.1) is 6.92 Å². The number of ether oxygens (including phenoxy) is 4. The lowest BCUT2D eigenvalue weighted by molar-refractivity contribution is -0.154. The number of aromatic nitrogens is 2. The number of carbonyl (C=O) groups is 2. The third kappa shape index (κ3) is 12.5. The molecule has 8 rings (SSSR count). The summed E-state index contributed by atoms with van der Waals surface area (Å²) < 4.78 is 38.0. The summed E-state index contributed by atoms with van der Waals surface area (Å²) in [7, 11) is 0.674. The van der Waals surface area contributed by atoms with Crippen LogP contribution in [0.1, 0.15) is 87.2 Å². The number of para-hydroxylation sites is 3. The first kappa shape index (κ1) is 48.9. The Kier molecular flexibility index (Phi) is 17.0. The number of rotatable bonds is 21. The molecule has 5 aromatic rings. The highest BCUT2D eigenvalue weighted by Crippen LogP contribution is 2.36. The normalized spacial score (nSPS) is 19.1. The van der Waals surface area contributed by atoms with Crippen molar-refractivity contribution < 1.29 is 32.7 Å². The van der Waals surface area contributed by atoms with Crippen molar-refractivity contribution in [3.8, 4) is 22.9 Å². The Morgan fingerprint density at radius 1 is 0.824 bits per heavy atom. The molecule has 3 saturated heterocycles. The van der Waals surface area contributed by atoms with E-state index in [2.05, 4.69) is 9.80 Å². The van der Waals surface area contributed by atoms with E-state index in [9.17, 15) is 18.6 Å². The zero-order valence-corrected chi connectivity index (χ0v) is 40.8. The Hall–Kier alpha value is -5.57. The van der Waals surface area contributed by atoms with Gasteiger partial charge >= 0.3 is 5.97 Å². The fourth-order valence-electron chi connectivity index (χ4n) is 10.2. The lowest BCUT2D eigenvalue weighted by Crippen LogP contribution is -2.54. The number of hydrogen-bond acceptors (Lipinski definition) is 11. The van der Waals surface area contributed by atoms with E-state index < -0.39 is 10.8 Å². The van der Waals surface area contributed by atoms with Crippen molar-refractivity contribution in [1.29, 1.82) is 0 Å². The summed E-state index contributed by atoms with van der Waals surface area (Å²) in [6.45, 7) is 8.17. The van der Waals surface area contributed by atoms with Crippen LogP contribution in [0.3, 0.4) is 0 Å². The van der Waals surface area contributed by atoms with E-state index in [-0.39, 0.29) is 36.6 Å². The smallest absolute Gasteiger partial charge is 0.310 e. The molecule has 362 valence electrons. The molecule has 68 heavy (non-hydrogen) atoms. The average Bonchev–Trinajstić information content (AvgIpc) is 3.33. The molecule has 0 saturated carbocycles. The topological polar surface area (TPSA) is 133 Å². The molecular formula is C54H67N5O8S. The third-order valence-corrected chi connectivity index (χ3v) is 15.0. The highest BCUT2D eigenvalue weighted by atomic mass is 32.2. The van der Waals surface area contributed by atoms with Crippen LogP contribution in [0.4, 0.5) is 0 Å². The fourth-order valence-corrected chi connectivity index (χ4v) is 11.4. The Morgan fingerprint density at radius 3 is 2.32 bits per heavy atom. The first-order chi connectivity index (χ1) is 33.1. The minimum atomic E-state index is -0.959. The van der Waals surface area contributed by atoms with Crippen LogP contribution >= 0.6 is 0 Å². The molecule has 1 amide bonds. The molecule has 14 heteroatoms. The summed E-state index contributed by atoms with van der Waals surface area (Å²) in [5.74, 6) is 3.48. The van der Waals surface area contributed by atoms with Gasteiger partial charge in [0.2, 0.25) is 0 Å². The first-order valence-electron chi connectivity index (χ1n) is 24.5. The predicted octanol–water partition coefficient (Wildman–Crippen LogP) is 7.81. The second-order valence-electron chi connectivity index (χ2n) is 18.4. The van der Waals surface area contributed by atoms with Gasteiger partial charge in [-0.2, -0.15) is 0 Å². The Morgan fingerprint density at radius 2 is 1.56 bits per heavy atom. The molecule has 3 aliphatic heterocycles. The van der Waals surface area contributed by atoms with Crippen molar-refractivity contribution in [2.24, 2.45) is 0 Å². The van der Waals surface area contributed by atoms with Gasteiger partial charge in [0.25, 0.3) is 11.5 Å². The van der Waals surface area contributed by atoms with Crippen LogP contribution < -0.4 is 19.8 Å². The van der Waals surface area contributed by atoms with Crippen molar-refractivity contribution in [2.45, 2.75) is 109 Å². The number of methoxy groups -OCH3 is 1. The molecule has 0 radical (unpaired) electrons. The second kappa shape index (κ2) is 23.6. The van der Waals surface area contributed by atoms with Gasteiger partial charge < -0.3 is 23.8 Å². The summed E-state index contributed by atoms with van der Waals surface area (Å²) in [6, 6.07) is 29.3. The van der Waals surface area contributed by atoms with Crippen molar-refractivity contribution in [2.75, 3.05) is 58.8 Å². The minimum Gasteiger partial charge on any atom is -0.496 e. The number of fused-ring (bicyclic) bond motifs is 3. The van der Waals surface area contributed by atoms with Gasteiger partial charge in [0, 0.05) is 79.0 Å². The first-order valence-corrected chi connectivity index (χ1v) is 26.0. The van der Waals surface area contributed by atoms with Gasteiger partial charge in [-0.3, -0.25) is 33.0 Å². The van der Waals surface area contributed by atoms with E-state index in [1.807, 2.05) is 104 Å². The molecule has 2 bridgehead atoms. The maximum atomic E-state index is 13.9. The van der Waals surface area contributed by atoms with Crippen LogP contribution in [0.25, 0.3) is 16.6 Å². The molecule has 3 fully saturated rings. The summed E-state index contributed by atoms with van der Waals surface area (Å²) in [5.41, 5.74) is 4.12. The molecule has 4 aromatic carbocycles. The van der Waals surface area contributed by atoms with Gasteiger partial charge in [-0.05, 0) is 94.1 Å². The summed E-state index contributed by atoms with van der Waals surface area (Å²) in [5, 5.41) is 0.544. The number of esters is 1. The Balaban J connectivity index is 0.716. The van der Waals surface area contributed by atoms with Crippen molar-refractivity contribution in [1.82, 2.24) is 24.3 Å². The summed E-state index contributed by atoms with van der Waals surface area (Å²) in [4.78, 5) is 51.8. The SMILES string of the molecule is CCOc1ccccc1-n1c(CN2CCN(C(=O)COc3ccc(CS(=O)CCCCCCN4C5CCCC4CC(OC(=O)Cc4cc(C)ccc4OC)C5)cc3)CC2)nc2ccccc2c1=O. The Bertz CT molecular complexity index is 2560. The number of aryl methyl sites for hydroxylation is 1. The van der Waals surface area contributed by atoms with Gasteiger partial charge in [-0.1, -0.05) is 73.4 Å². The maximum absolute atomic E-state index is 13.9. The molecule has 4 heterocycles. The summed E-state index contributed by atoms with van der Waals surface area (Å²) >= 11 is 0. The van der Waals surface area contributed by atoms with Crippen LogP contribution in [-0.2, 0) is 43.8 Å². The predicted molar refractivity (Wildman–Crippen MR) is 266 cm³/mol. The number of unbranched alkanes of at least 4 members (excludes halogenated alkanes) is 3. The van der Waals surface area contributed by atoms with Gasteiger partial charge in [0.1, 0.15) is 29.2 Å². The van der Waals surface area contributed by atoms with Crippen molar-refractivity contribution >= 4 is 33.6 Å². The van der Waals surface area contributed by atoms with Gasteiger partial charge in [0.15, 0.2) is 6.61 Å². The van der Waals surface area contributed by atoms with E-state index in [0.717, 1.165) is 80.4 Å². The van der Waals surface area contributed by atoms with Crippen LogP contribution in [0.15, 0.2) is 95.8 Å². The number of benzene rings is 4. The monoisotopic (exact) mass is 945 g/mol. The fraction of sp³-hybridized carbons (Fsp3) is 0.481. The highest BCUT2D eigenvalue weighted by Gasteiger charge is 2.39. The van der Waals surface area contributed by atoms with Crippen molar-refractivity contribution in [3.05, 3.63) is 124 Å². The number of amides is 1. The van der Waals surface area contributed by atoms with Gasteiger partial charge in [-0.15, -0.1) is 0 Å². The minimum absolute atomic E-state index is 0.0271. The van der Waals surface area contributed by atoms with Crippen molar-refractivity contribution in [3.63, 3.8) is 0 Å². The lowest BCUT2D eigenvalue weighted by Gasteiger charge is -2.48. The highest BCUT2D eigenvalue weighted by molar-refractivity contribution is 7.84. The van der Waals surface area contributed by atoms with Crippen LogP contribution in [0.2, 0.25) is 0 Å². The van der Waals surface area contributed by atoms with E-state index in [0.29, 0.717) is 96.8 Å². The molecule has 1 aromatic heterocycles. The largest absolute Gasteiger partial charge is 0.496 e. The molecule has 0 N–H and O–H groups in total. The zero-order valence-electron chi connectivity index (χ0n) is 39.9. The standard InChI is InChI=1S/C54H67N5O8S/c1-4-65-50-19-10-9-18-48(50)59-51(55-47-17-8-7-16-46(47)54(59)62)36-56-27-29-57(30-28-56)52(60)37-66-44-23-21-40(22-24-44)38-68(63)31-12-6-5-11-26-58-42-14-13-15-43(58)35-45(34-42)67-53(61)33-41-32-39(2)20-25-49(41)64-3/h7-10,16-25,32,42-43,45H,4-6,11-15,26-31,33-38H2,1-3H3. The quantitative estimate of drug-likeness (QED) is 0.0528. The van der Waals surface area contributed by atoms with Gasteiger partial charge in [0.05, 0.1) is 43.3 Å². The number of piperazine rings is 1. The van der Waals surface area contributed by atoms with Crippen LogP contribution in [-0.4, -0.2) is 117 Å².